The number of aromatic nitrogens is 2. The van der Waals surface area contributed by atoms with Crippen molar-refractivity contribution in [2.24, 2.45) is 0 Å². The number of hydrogen-bond donors (Lipinski definition) is 1. The third-order valence-electron chi connectivity index (χ3n) is 4.05. The van der Waals surface area contributed by atoms with Gasteiger partial charge in [0.2, 0.25) is 0 Å². The summed E-state index contributed by atoms with van der Waals surface area (Å²) >= 11 is 0. The Hall–Kier alpha value is -0.830. The fraction of sp³-hybridized carbons (Fsp3) is 0.769. The minimum absolute atomic E-state index is 0.642. The molecule has 0 amide bonds. The van der Waals surface area contributed by atoms with Crippen LogP contribution in [0.1, 0.15) is 50.0 Å². The second kappa shape index (κ2) is 4.58. The fourth-order valence-corrected chi connectivity index (χ4v) is 2.74. The van der Waals surface area contributed by atoms with Gasteiger partial charge in [0.1, 0.15) is 0 Å². The molecule has 88 valence electrons. The van der Waals surface area contributed by atoms with Crippen LogP contribution in [0.2, 0.25) is 0 Å². The van der Waals surface area contributed by atoms with E-state index in [1.54, 1.807) is 0 Å². The van der Waals surface area contributed by atoms with Gasteiger partial charge in [0.05, 0.1) is 12.7 Å². The smallest absolute Gasteiger partial charge is 0.0562 e. The minimum Gasteiger partial charge on any atom is -0.312 e. The number of piperidine rings is 1. The summed E-state index contributed by atoms with van der Waals surface area (Å²) in [4.78, 5) is 0. The van der Waals surface area contributed by atoms with Crippen molar-refractivity contribution >= 4 is 0 Å². The van der Waals surface area contributed by atoms with Crippen molar-refractivity contribution in [3.05, 3.63) is 18.0 Å². The highest BCUT2D eigenvalue weighted by atomic mass is 15.3. The van der Waals surface area contributed by atoms with Crippen molar-refractivity contribution in [1.82, 2.24) is 15.1 Å². The normalized spacial score (nSPS) is 26.6. The molecule has 1 aromatic rings. The predicted molar refractivity (Wildman–Crippen MR) is 64.5 cm³/mol. The number of nitrogens with zero attached hydrogens (tertiary/aromatic N) is 2. The van der Waals surface area contributed by atoms with Crippen molar-refractivity contribution in [2.75, 3.05) is 6.54 Å². The van der Waals surface area contributed by atoms with E-state index in [0.717, 1.165) is 12.5 Å². The fourth-order valence-electron chi connectivity index (χ4n) is 2.74. The van der Waals surface area contributed by atoms with Gasteiger partial charge in [-0.2, -0.15) is 5.10 Å². The highest BCUT2D eigenvalue weighted by Gasteiger charge is 2.21. The Morgan fingerprint density at radius 2 is 2.19 bits per heavy atom. The lowest BCUT2D eigenvalue weighted by atomic mass is 9.81. The average Bonchev–Trinajstić information content (AvgIpc) is 2.65. The first-order valence-electron chi connectivity index (χ1n) is 6.67. The molecule has 3 heteroatoms. The molecular formula is C13H21N3. The van der Waals surface area contributed by atoms with E-state index in [0.29, 0.717) is 6.04 Å². The quantitative estimate of drug-likeness (QED) is 0.845. The zero-order chi connectivity index (χ0) is 10.8. The van der Waals surface area contributed by atoms with Gasteiger partial charge in [0, 0.05) is 12.2 Å². The standard InChI is InChI=1S/C13H21N3/c1-2-7-14-13(6-1)10-16-9-12(8-15-16)11-4-3-5-11/h8-9,11,13-14H,1-7,10H2. The van der Waals surface area contributed by atoms with E-state index in [1.165, 1.54) is 50.6 Å². The molecule has 2 fully saturated rings. The van der Waals surface area contributed by atoms with E-state index in [2.05, 4.69) is 27.5 Å². The van der Waals surface area contributed by atoms with E-state index in [4.69, 9.17) is 0 Å². The Labute approximate surface area is 97.2 Å². The van der Waals surface area contributed by atoms with Crippen LogP contribution in [-0.4, -0.2) is 22.4 Å². The molecule has 1 saturated heterocycles. The Bertz CT molecular complexity index is 335. The second-order valence-corrected chi connectivity index (χ2v) is 5.27. The van der Waals surface area contributed by atoms with Gasteiger partial charge in [-0.25, -0.2) is 0 Å². The summed E-state index contributed by atoms with van der Waals surface area (Å²) in [5.74, 6) is 0.813. The molecule has 3 rings (SSSR count). The molecule has 1 aliphatic heterocycles. The lowest BCUT2D eigenvalue weighted by Gasteiger charge is -2.24. The van der Waals surface area contributed by atoms with Crippen molar-refractivity contribution in [1.29, 1.82) is 0 Å². The lowest BCUT2D eigenvalue weighted by molar-refractivity contribution is 0.350. The lowest BCUT2D eigenvalue weighted by Crippen LogP contribution is -2.37. The molecule has 0 radical (unpaired) electrons. The Balaban J connectivity index is 1.58. The summed E-state index contributed by atoms with van der Waals surface area (Å²) in [5.41, 5.74) is 1.46. The highest BCUT2D eigenvalue weighted by Crippen LogP contribution is 2.35. The highest BCUT2D eigenvalue weighted by molar-refractivity contribution is 5.13. The Morgan fingerprint density at radius 3 is 2.88 bits per heavy atom. The maximum atomic E-state index is 4.49. The van der Waals surface area contributed by atoms with E-state index < -0.39 is 0 Å². The van der Waals surface area contributed by atoms with Gasteiger partial charge in [0.25, 0.3) is 0 Å². The van der Waals surface area contributed by atoms with Gasteiger partial charge in [-0.05, 0) is 43.7 Å². The number of hydrogen-bond acceptors (Lipinski definition) is 2. The first-order valence-corrected chi connectivity index (χ1v) is 6.67. The molecule has 16 heavy (non-hydrogen) atoms. The van der Waals surface area contributed by atoms with Gasteiger partial charge in [0.15, 0.2) is 0 Å². The van der Waals surface area contributed by atoms with Crippen molar-refractivity contribution in [3.8, 4) is 0 Å². The van der Waals surface area contributed by atoms with Crippen LogP contribution in [0.15, 0.2) is 12.4 Å². The molecule has 1 aliphatic carbocycles. The van der Waals surface area contributed by atoms with Crippen LogP contribution in [0.5, 0.6) is 0 Å². The predicted octanol–water partition coefficient (Wildman–Crippen LogP) is 2.29. The molecular weight excluding hydrogens is 198 g/mol. The van der Waals surface area contributed by atoms with Crippen LogP contribution in [0.4, 0.5) is 0 Å². The minimum atomic E-state index is 0.642. The molecule has 0 spiro atoms. The third-order valence-corrected chi connectivity index (χ3v) is 4.05. The summed E-state index contributed by atoms with van der Waals surface area (Å²) in [6.07, 6.45) is 12.5. The Kier molecular flexibility index (Phi) is 2.96. The summed E-state index contributed by atoms with van der Waals surface area (Å²) in [5, 5.41) is 8.06. The molecule has 0 bridgehead atoms. The molecule has 1 unspecified atom stereocenters. The summed E-state index contributed by atoms with van der Waals surface area (Å²) in [6, 6.07) is 0.642. The first kappa shape index (κ1) is 10.3. The van der Waals surface area contributed by atoms with Gasteiger partial charge in [-0.1, -0.05) is 12.8 Å². The zero-order valence-corrected chi connectivity index (χ0v) is 9.86. The molecule has 2 heterocycles. The van der Waals surface area contributed by atoms with Gasteiger partial charge in [-0.15, -0.1) is 0 Å². The third kappa shape index (κ3) is 2.14. The van der Waals surface area contributed by atoms with Crippen LogP contribution in [0, 0.1) is 0 Å². The Morgan fingerprint density at radius 1 is 1.25 bits per heavy atom. The van der Waals surface area contributed by atoms with E-state index in [-0.39, 0.29) is 0 Å². The maximum absolute atomic E-state index is 4.49. The van der Waals surface area contributed by atoms with E-state index >= 15 is 0 Å². The van der Waals surface area contributed by atoms with Crippen LogP contribution in [0.3, 0.4) is 0 Å². The second-order valence-electron chi connectivity index (χ2n) is 5.27. The van der Waals surface area contributed by atoms with Crippen molar-refractivity contribution in [3.63, 3.8) is 0 Å². The van der Waals surface area contributed by atoms with Gasteiger partial charge < -0.3 is 5.32 Å². The van der Waals surface area contributed by atoms with Crippen LogP contribution >= 0.6 is 0 Å². The van der Waals surface area contributed by atoms with E-state index in [9.17, 15) is 0 Å². The molecule has 1 N–H and O–H groups in total. The molecule has 1 aromatic heterocycles. The summed E-state index contributed by atoms with van der Waals surface area (Å²) in [7, 11) is 0. The molecule has 1 atom stereocenters. The van der Waals surface area contributed by atoms with Gasteiger partial charge in [-0.3, -0.25) is 4.68 Å². The molecule has 2 aliphatic rings. The molecule has 3 nitrogen and oxygen atoms in total. The topological polar surface area (TPSA) is 29.9 Å². The molecule has 0 aromatic carbocycles. The zero-order valence-electron chi connectivity index (χ0n) is 9.86. The number of rotatable bonds is 3. The van der Waals surface area contributed by atoms with Crippen molar-refractivity contribution < 1.29 is 0 Å². The monoisotopic (exact) mass is 219 g/mol. The molecule has 1 saturated carbocycles. The van der Waals surface area contributed by atoms with Crippen LogP contribution < -0.4 is 5.32 Å². The SMILES string of the molecule is c1nn(CC2CCCCN2)cc1C1CCC1. The summed E-state index contributed by atoms with van der Waals surface area (Å²) in [6.45, 7) is 2.23. The van der Waals surface area contributed by atoms with Crippen molar-refractivity contribution in [2.45, 2.75) is 57.0 Å². The van der Waals surface area contributed by atoms with E-state index in [1.807, 2.05) is 0 Å². The number of nitrogens with one attached hydrogen (secondary N) is 1. The maximum Gasteiger partial charge on any atom is 0.0562 e. The summed E-state index contributed by atoms with van der Waals surface area (Å²) < 4.78 is 2.14. The largest absolute Gasteiger partial charge is 0.312 e. The van der Waals surface area contributed by atoms with Gasteiger partial charge >= 0.3 is 0 Å². The first-order chi connectivity index (χ1) is 7.92. The van der Waals surface area contributed by atoms with Crippen LogP contribution in [-0.2, 0) is 6.54 Å². The van der Waals surface area contributed by atoms with Crippen LogP contribution in [0.25, 0.3) is 0 Å². The average molecular weight is 219 g/mol.